The molecule has 1 aromatic rings. The first kappa shape index (κ1) is 14.3. The Balaban J connectivity index is 3.03. The maximum absolute atomic E-state index is 11.7. The SMILES string of the molecule is CCCCC#CC(O)(C(=O)OC)c1ccccc1. The fourth-order valence-corrected chi connectivity index (χ4v) is 1.52. The largest absolute Gasteiger partial charge is 0.466 e. The van der Waals surface area contributed by atoms with Gasteiger partial charge in [-0.3, -0.25) is 0 Å². The van der Waals surface area contributed by atoms with Crippen LogP contribution in [-0.2, 0) is 15.1 Å². The predicted octanol–water partition coefficient (Wildman–Crippen LogP) is 2.24. The summed E-state index contributed by atoms with van der Waals surface area (Å²) in [6, 6.07) is 8.62. The summed E-state index contributed by atoms with van der Waals surface area (Å²) in [5, 5.41) is 10.4. The highest BCUT2D eigenvalue weighted by atomic mass is 16.5. The van der Waals surface area contributed by atoms with E-state index in [-0.39, 0.29) is 0 Å². The van der Waals surface area contributed by atoms with Crippen LogP contribution >= 0.6 is 0 Å². The van der Waals surface area contributed by atoms with E-state index >= 15 is 0 Å². The number of esters is 1. The summed E-state index contributed by atoms with van der Waals surface area (Å²) in [7, 11) is 1.24. The van der Waals surface area contributed by atoms with Crippen LogP contribution in [0.15, 0.2) is 30.3 Å². The van der Waals surface area contributed by atoms with Gasteiger partial charge in [0.1, 0.15) is 0 Å². The lowest BCUT2D eigenvalue weighted by molar-refractivity contribution is -0.157. The molecule has 1 rings (SSSR count). The number of hydrogen-bond donors (Lipinski definition) is 1. The van der Waals surface area contributed by atoms with Crippen molar-refractivity contribution in [1.82, 2.24) is 0 Å². The van der Waals surface area contributed by atoms with Crippen LogP contribution in [0.2, 0.25) is 0 Å². The monoisotopic (exact) mass is 246 g/mol. The third-order valence-corrected chi connectivity index (χ3v) is 2.60. The van der Waals surface area contributed by atoms with Crippen molar-refractivity contribution in [1.29, 1.82) is 0 Å². The van der Waals surface area contributed by atoms with E-state index in [1.54, 1.807) is 24.3 Å². The van der Waals surface area contributed by atoms with Crippen molar-refractivity contribution in [3.8, 4) is 11.8 Å². The number of rotatable bonds is 4. The second kappa shape index (κ2) is 6.83. The number of benzene rings is 1. The molecule has 1 atom stereocenters. The average Bonchev–Trinajstić information content (AvgIpc) is 2.43. The van der Waals surface area contributed by atoms with Gasteiger partial charge in [0.2, 0.25) is 5.60 Å². The van der Waals surface area contributed by atoms with Crippen LogP contribution in [0.5, 0.6) is 0 Å². The van der Waals surface area contributed by atoms with Crippen LogP contribution in [0.25, 0.3) is 0 Å². The highest BCUT2D eigenvalue weighted by Crippen LogP contribution is 2.21. The highest BCUT2D eigenvalue weighted by molar-refractivity contribution is 5.85. The first-order valence-corrected chi connectivity index (χ1v) is 6.01. The minimum absolute atomic E-state index is 0.431. The number of ether oxygens (including phenoxy) is 1. The van der Waals surface area contributed by atoms with E-state index in [2.05, 4.69) is 23.5 Å². The van der Waals surface area contributed by atoms with Gasteiger partial charge in [0.25, 0.3) is 0 Å². The van der Waals surface area contributed by atoms with Gasteiger partial charge in [0, 0.05) is 12.0 Å². The third-order valence-electron chi connectivity index (χ3n) is 2.60. The summed E-state index contributed by atoms with van der Waals surface area (Å²) < 4.78 is 4.64. The first-order chi connectivity index (χ1) is 8.65. The van der Waals surface area contributed by atoms with E-state index in [1.165, 1.54) is 7.11 Å². The van der Waals surface area contributed by atoms with Crippen molar-refractivity contribution in [3.63, 3.8) is 0 Å². The Kier molecular flexibility index (Phi) is 5.41. The summed E-state index contributed by atoms with van der Waals surface area (Å²) in [5.41, 5.74) is -1.44. The molecule has 1 N–H and O–H groups in total. The second-order valence-corrected chi connectivity index (χ2v) is 3.97. The molecule has 1 unspecified atom stereocenters. The second-order valence-electron chi connectivity index (χ2n) is 3.97. The summed E-state index contributed by atoms with van der Waals surface area (Å²) >= 11 is 0. The van der Waals surface area contributed by atoms with Crippen molar-refractivity contribution in [2.24, 2.45) is 0 Å². The van der Waals surface area contributed by atoms with Gasteiger partial charge in [-0.1, -0.05) is 55.5 Å². The smallest absolute Gasteiger partial charge is 0.355 e. The zero-order valence-corrected chi connectivity index (χ0v) is 10.8. The molecule has 0 spiro atoms. The van der Waals surface area contributed by atoms with Crippen LogP contribution in [0.1, 0.15) is 31.7 Å². The molecule has 3 nitrogen and oxygen atoms in total. The molecule has 0 saturated carbocycles. The Morgan fingerprint density at radius 1 is 1.39 bits per heavy atom. The molecule has 0 aliphatic heterocycles. The molecule has 0 heterocycles. The summed E-state index contributed by atoms with van der Waals surface area (Å²) in [6.45, 7) is 2.06. The summed E-state index contributed by atoms with van der Waals surface area (Å²) in [4.78, 5) is 11.7. The Labute approximate surface area is 108 Å². The van der Waals surface area contributed by atoms with Crippen molar-refractivity contribution in [3.05, 3.63) is 35.9 Å². The van der Waals surface area contributed by atoms with Gasteiger partial charge in [-0.15, -0.1) is 0 Å². The van der Waals surface area contributed by atoms with Crippen molar-refractivity contribution < 1.29 is 14.6 Å². The Morgan fingerprint density at radius 3 is 2.61 bits per heavy atom. The number of carbonyl (C=O) groups excluding carboxylic acids is 1. The molecule has 0 amide bonds. The van der Waals surface area contributed by atoms with E-state index < -0.39 is 11.6 Å². The van der Waals surface area contributed by atoms with Crippen molar-refractivity contribution >= 4 is 5.97 Å². The number of methoxy groups -OCH3 is 1. The fourth-order valence-electron chi connectivity index (χ4n) is 1.52. The molecular formula is C15H18O3. The Morgan fingerprint density at radius 2 is 2.06 bits per heavy atom. The van der Waals surface area contributed by atoms with Crippen LogP contribution < -0.4 is 0 Å². The van der Waals surface area contributed by atoms with Crippen LogP contribution in [0.3, 0.4) is 0 Å². The molecule has 0 aliphatic carbocycles. The molecule has 0 saturated heterocycles. The van der Waals surface area contributed by atoms with Crippen LogP contribution in [0.4, 0.5) is 0 Å². The van der Waals surface area contributed by atoms with E-state index in [0.29, 0.717) is 12.0 Å². The normalized spacial score (nSPS) is 13.1. The maximum atomic E-state index is 11.7. The number of unbranched alkanes of at least 4 members (excludes halogenated alkanes) is 2. The van der Waals surface area contributed by atoms with Crippen molar-refractivity contribution in [2.45, 2.75) is 31.8 Å². The molecule has 1 aromatic carbocycles. The Bertz CT molecular complexity index is 442. The Hall–Kier alpha value is -1.79. The average molecular weight is 246 g/mol. The van der Waals surface area contributed by atoms with Crippen LogP contribution in [-0.4, -0.2) is 18.2 Å². The van der Waals surface area contributed by atoms with E-state index in [0.717, 1.165) is 12.8 Å². The number of carbonyl (C=O) groups is 1. The van der Waals surface area contributed by atoms with Gasteiger partial charge in [0.05, 0.1) is 7.11 Å². The van der Waals surface area contributed by atoms with E-state index in [9.17, 15) is 9.90 Å². The minimum Gasteiger partial charge on any atom is -0.466 e. The van der Waals surface area contributed by atoms with Gasteiger partial charge in [-0.25, -0.2) is 4.79 Å². The fraction of sp³-hybridized carbons (Fsp3) is 0.400. The maximum Gasteiger partial charge on any atom is 0.355 e. The minimum atomic E-state index is -1.87. The zero-order chi connectivity index (χ0) is 13.4. The lowest BCUT2D eigenvalue weighted by atomic mass is 9.94. The third kappa shape index (κ3) is 3.35. The molecule has 96 valence electrons. The molecule has 3 heteroatoms. The summed E-state index contributed by atoms with van der Waals surface area (Å²) in [5.74, 6) is 4.72. The molecular weight excluding hydrogens is 228 g/mol. The molecule has 0 radical (unpaired) electrons. The van der Waals surface area contributed by atoms with Gasteiger partial charge in [-0.2, -0.15) is 0 Å². The molecule has 0 bridgehead atoms. The lowest BCUT2D eigenvalue weighted by Crippen LogP contribution is -2.35. The number of hydrogen-bond acceptors (Lipinski definition) is 3. The van der Waals surface area contributed by atoms with Gasteiger partial charge in [0.15, 0.2) is 0 Å². The highest BCUT2D eigenvalue weighted by Gasteiger charge is 2.37. The molecule has 18 heavy (non-hydrogen) atoms. The molecule has 0 aliphatic rings. The molecule has 0 aromatic heterocycles. The van der Waals surface area contributed by atoms with Crippen molar-refractivity contribution in [2.75, 3.05) is 7.11 Å². The first-order valence-electron chi connectivity index (χ1n) is 6.01. The lowest BCUT2D eigenvalue weighted by Gasteiger charge is -2.19. The van der Waals surface area contributed by atoms with Crippen LogP contribution in [0, 0.1) is 11.8 Å². The van der Waals surface area contributed by atoms with Gasteiger partial charge < -0.3 is 9.84 Å². The molecule has 0 fully saturated rings. The van der Waals surface area contributed by atoms with E-state index in [1.807, 2.05) is 6.07 Å². The number of aliphatic hydroxyl groups is 1. The zero-order valence-electron chi connectivity index (χ0n) is 10.8. The van der Waals surface area contributed by atoms with Gasteiger partial charge in [-0.05, 0) is 6.42 Å². The standard InChI is InChI=1S/C15H18O3/c1-3-4-5-9-12-15(17,14(16)18-2)13-10-7-6-8-11-13/h6-8,10-11,17H,3-5H2,1-2H3. The van der Waals surface area contributed by atoms with E-state index in [4.69, 9.17) is 0 Å². The predicted molar refractivity (Wildman–Crippen MR) is 69.7 cm³/mol. The van der Waals surface area contributed by atoms with Gasteiger partial charge >= 0.3 is 5.97 Å². The summed E-state index contributed by atoms with van der Waals surface area (Å²) in [6.07, 6.45) is 2.62. The topological polar surface area (TPSA) is 46.5 Å². The quantitative estimate of drug-likeness (QED) is 0.503.